The summed E-state index contributed by atoms with van der Waals surface area (Å²) in [5.41, 5.74) is 4.36. The number of nitrogens with zero attached hydrogens (tertiary/aromatic N) is 1. The molecule has 0 radical (unpaired) electrons. The van der Waals surface area contributed by atoms with Crippen molar-refractivity contribution in [1.29, 1.82) is 0 Å². The van der Waals surface area contributed by atoms with Crippen LogP contribution in [-0.2, 0) is 11.8 Å². The van der Waals surface area contributed by atoms with E-state index in [9.17, 15) is 19.5 Å². The molecule has 0 saturated carbocycles. The Kier molecular flexibility index (Phi) is 3.43. The van der Waals surface area contributed by atoms with Crippen molar-refractivity contribution in [1.82, 2.24) is 9.88 Å². The van der Waals surface area contributed by atoms with E-state index in [4.69, 9.17) is 5.73 Å². The van der Waals surface area contributed by atoms with Gasteiger partial charge in [0.1, 0.15) is 11.3 Å². The third kappa shape index (κ3) is 2.20. The van der Waals surface area contributed by atoms with E-state index in [1.807, 2.05) is 0 Å². The molecule has 2 amide bonds. The minimum absolute atomic E-state index is 0.374. The van der Waals surface area contributed by atoms with Crippen LogP contribution in [0.25, 0.3) is 10.9 Å². The van der Waals surface area contributed by atoms with Crippen molar-refractivity contribution in [3.05, 3.63) is 40.2 Å². The van der Waals surface area contributed by atoms with Gasteiger partial charge >= 0.3 is 0 Å². The van der Waals surface area contributed by atoms with Crippen molar-refractivity contribution in [3.63, 3.8) is 0 Å². The summed E-state index contributed by atoms with van der Waals surface area (Å²) in [6.07, 6.45) is 0. The summed E-state index contributed by atoms with van der Waals surface area (Å²) in [7, 11) is 1.50. The molecule has 0 aliphatic rings. The van der Waals surface area contributed by atoms with E-state index < -0.39 is 35.2 Å². The number of benzene rings is 1. The molecule has 7 nitrogen and oxygen atoms in total. The number of hydrogen-bond donors (Lipinski definition) is 3. The molecule has 1 aromatic carbocycles. The number of aromatic hydroxyl groups is 1. The first-order valence-electron chi connectivity index (χ1n) is 5.80. The molecule has 0 aliphatic heterocycles. The standard InChI is InChI=1S/C13H13N3O4/c1-16-8-5-3-2-4-7(8)11(18)10(13(16)20)12(19)15-6-9(14)17/h2-5,18H,6H2,1H3,(H2,14,17)(H,15,19). The molecule has 20 heavy (non-hydrogen) atoms. The van der Waals surface area contributed by atoms with Crippen molar-refractivity contribution in [2.75, 3.05) is 6.54 Å². The molecule has 0 unspecified atom stereocenters. The van der Waals surface area contributed by atoms with Crippen LogP contribution in [0.5, 0.6) is 5.75 Å². The number of para-hydroxylation sites is 1. The van der Waals surface area contributed by atoms with E-state index in [0.29, 0.717) is 10.9 Å². The number of fused-ring (bicyclic) bond motifs is 1. The number of hydrogen-bond acceptors (Lipinski definition) is 4. The summed E-state index contributed by atoms with van der Waals surface area (Å²) < 4.78 is 1.26. The zero-order valence-electron chi connectivity index (χ0n) is 10.7. The van der Waals surface area contributed by atoms with E-state index in [1.54, 1.807) is 24.3 Å². The number of pyridine rings is 1. The summed E-state index contributed by atoms with van der Waals surface area (Å²) in [5, 5.41) is 12.7. The Balaban J connectivity index is 2.62. The third-order valence-corrected chi connectivity index (χ3v) is 2.93. The van der Waals surface area contributed by atoms with Crippen LogP contribution >= 0.6 is 0 Å². The predicted molar refractivity (Wildman–Crippen MR) is 72.4 cm³/mol. The number of carbonyl (C=O) groups is 2. The van der Waals surface area contributed by atoms with E-state index in [1.165, 1.54) is 11.6 Å². The maximum atomic E-state index is 12.1. The second kappa shape index (κ2) is 5.04. The molecule has 0 spiro atoms. The number of nitrogens with two attached hydrogens (primary N) is 1. The van der Waals surface area contributed by atoms with E-state index in [0.717, 1.165) is 0 Å². The maximum absolute atomic E-state index is 12.1. The Morgan fingerprint density at radius 2 is 2.00 bits per heavy atom. The minimum atomic E-state index is -0.840. The van der Waals surface area contributed by atoms with Crippen molar-refractivity contribution < 1.29 is 14.7 Å². The van der Waals surface area contributed by atoms with Crippen molar-refractivity contribution >= 4 is 22.7 Å². The molecule has 1 aromatic heterocycles. The summed E-state index contributed by atoms with van der Waals surface area (Å²) >= 11 is 0. The molecule has 0 aliphatic carbocycles. The summed E-state index contributed by atoms with van der Waals surface area (Å²) in [6, 6.07) is 6.64. The van der Waals surface area contributed by atoms with Crippen molar-refractivity contribution in [2.45, 2.75) is 0 Å². The molecule has 0 bridgehead atoms. The molecule has 0 fully saturated rings. The zero-order valence-corrected chi connectivity index (χ0v) is 10.7. The summed E-state index contributed by atoms with van der Waals surface area (Å²) in [6.45, 7) is -0.408. The Bertz CT molecular complexity index is 764. The summed E-state index contributed by atoms with van der Waals surface area (Å²) in [4.78, 5) is 34.7. The molecule has 2 aromatic rings. The molecule has 4 N–H and O–H groups in total. The third-order valence-electron chi connectivity index (χ3n) is 2.93. The first-order chi connectivity index (χ1) is 9.43. The Morgan fingerprint density at radius 1 is 1.35 bits per heavy atom. The second-order valence-corrected chi connectivity index (χ2v) is 4.25. The smallest absolute Gasteiger partial charge is 0.267 e. The summed E-state index contributed by atoms with van der Waals surface area (Å²) in [5.74, 6) is -1.99. The minimum Gasteiger partial charge on any atom is -0.506 e. The monoisotopic (exact) mass is 275 g/mol. The van der Waals surface area contributed by atoms with Crippen LogP contribution in [0, 0.1) is 0 Å². The van der Waals surface area contributed by atoms with Crippen LogP contribution in [0.3, 0.4) is 0 Å². The largest absolute Gasteiger partial charge is 0.506 e. The van der Waals surface area contributed by atoms with Gasteiger partial charge < -0.3 is 20.7 Å². The highest BCUT2D eigenvalue weighted by Gasteiger charge is 2.20. The van der Waals surface area contributed by atoms with Gasteiger partial charge in [-0.25, -0.2) is 0 Å². The second-order valence-electron chi connectivity index (χ2n) is 4.25. The molecule has 2 rings (SSSR count). The van der Waals surface area contributed by atoms with Crippen molar-refractivity contribution in [2.24, 2.45) is 12.8 Å². The van der Waals surface area contributed by atoms with Crippen LogP contribution in [0.2, 0.25) is 0 Å². The fraction of sp³-hybridized carbons (Fsp3) is 0.154. The number of amides is 2. The number of aromatic nitrogens is 1. The highest BCUT2D eigenvalue weighted by atomic mass is 16.3. The van der Waals surface area contributed by atoms with Gasteiger partial charge in [-0.15, -0.1) is 0 Å². The van der Waals surface area contributed by atoms with Gasteiger partial charge in [0.2, 0.25) is 5.91 Å². The highest BCUT2D eigenvalue weighted by molar-refractivity contribution is 6.03. The first-order valence-corrected chi connectivity index (χ1v) is 5.80. The zero-order chi connectivity index (χ0) is 14.9. The highest BCUT2D eigenvalue weighted by Crippen LogP contribution is 2.25. The lowest BCUT2D eigenvalue weighted by molar-refractivity contribution is -0.117. The molecule has 0 atom stereocenters. The van der Waals surface area contributed by atoms with Crippen LogP contribution in [0.1, 0.15) is 10.4 Å². The van der Waals surface area contributed by atoms with Gasteiger partial charge in [-0.2, -0.15) is 0 Å². The number of carbonyl (C=O) groups excluding carboxylic acids is 2. The van der Waals surface area contributed by atoms with Crippen LogP contribution in [0.15, 0.2) is 29.1 Å². The van der Waals surface area contributed by atoms with Gasteiger partial charge in [-0.05, 0) is 12.1 Å². The van der Waals surface area contributed by atoms with Gasteiger partial charge in [0.15, 0.2) is 0 Å². The molecule has 1 heterocycles. The van der Waals surface area contributed by atoms with Crippen LogP contribution < -0.4 is 16.6 Å². The lowest BCUT2D eigenvalue weighted by atomic mass is 10.1. The van der Waals surface area contributed by atoms with E-state index in [-0.39, 0.29) is 0 Å². The average Bonchev–Trinajstić information content (AvgIpc) is 2.43. The topological polar surface area (TPSA) is 114 Å². The number of rotatable bonds is 3. The maximum Gasteiger partial charge on any atom is 0.267 e. The lowest BCUT2D eigenvalue weighted by Gasteiger charge is -2.11. The van der Waals surface area contributed by atoms with E-state index in [2.05, 4.69) is 5.32 Å². The number of primary amides is 1. The quantitative estimate of drug-likeness (QED) is 0.697. The number of nitrogens with one attached hydrogen (secondary N) is 1. The molecule has 0 saturated heterocycles. The number of aryl methyl sites for hydroxylation is 1. The van der Waals surface area contributed by atoms with Gasteiger partial charge in [0.05, 0.1) is 12.1 Å². The first kappa shape index (κ1) is 13.6. The Labute approximate surface area is 113 Å². The lowest BCUT2D eigenvalue weighted by Crippen LogP contribution is -2.37. The SMILES string of the molecule is Cn1c(=O)c(C(=O)NCC(N)=O)c(O)c2ccccc21. The van der Waals surface area contributed by atoms with Gasteiger partial charge in [0, 0.05) is 12.4 Å². The van der Waals surface area contributed by atoms with Gasteiger partial charge in [0.25, 0.3) is 11.5 Å². The Morgan fingerprint density at radius 3 is 2.65 bits per heavy atom. The Hall–Kier alpha value is -2.83. The van der Waals surface area contributed by atoms with Crippen LogP contribution in [-0.4, -0.2) is 28.0 Å². The van der Waals surface area contributed by atoms with Gasteiger partial charge in [-0.3, -0.25) is 14.4 Å². The van der Waals surface area contributed by atoms with E-state index >= 15 is 0 Å². The predicted octanol–water partition coefficient (Wildman–Crippen LogP) is -0.541. The fourth-order valence-electron chi connectivity index (χ4n) is 1.94. The fourth-order valence-corrected chi connectivity index (χ4v) is 1.94. The van der Waals surface area contributed by atoms with Gasteiger partial charge in [-0.1, -0.05) is 12.1 Å². The van der Waals surface area contributed by atoms with Crippen molar-refractivity contribution in [3.8, 4) is 5.75 Å². The average molecular weight is 275 g/mol. The molecular formula is C13H13N3O4. The van der Waals surface area contributed by atoms with Crippen LogP contribution in [0.4, 0.5) is 0 Å². The molecular weight excluding hydrogens is 262 g/mol. The normalized spacial score (nSPS) is 10.4. The molecule has 104 valence electrons. The molecule has 7 heteroatoms.